The van der Waals surface area contributed by atoms with Gasteiger partial charge in [0.25, 0.3) is 0 Å². The van der Waals surface area contributed by atoms with E-state index in [-0.39, 0.29) is 24.4 Å². The van der Waals surface area contributed by atoms with Crippen LogP contribution in [0.3, 0.4) is 0 Å². The Balaban J connectivity index is 1.26. The number of halogens is 1. The van der Waals surface area contributed by atoms with Crippen LogP contribution in [0.5, 0.6) is 11.5 Å². The van der Waals surface area contributed by atoms with Crippen LogP contribution in [0.25, 0.3) is 6.08 Å². The van der Waals surface area contributed by atoms with Crippen molar-refractivity contribution in [2.45, 2.75) is 19.4 Å². The molecule has 0 N–H and O–H groups in total. The zero-order valence-electron chi connectivity index (χ0n) is 17.1. The number of rotatable bonds is 5. The molecule has 2 aliphatic heterocycles. The van der Waals surface area contributed by atoms with E-state index < -0.39 is 0 Å². The van der Waals surface area contributed by atoms with Crippen molar-refractivity contribution >= 4 is 33.9 Å². The molecule has 2 aromatic carbocycles. The van der Waals surface area contributed by atoms with Crippen molar-refractivity contribution in [1.82, 2.24) is 4.90 Å². The molecule has 1 fully saturated rings. The van der Waals surface area contributed by atoms with E-state index in [1.54, 1.807) is 11.0 Å². The molecule has 0 bridgehead atoms. The zero-order valence-corrected chi connectivity index (χ0v) is 18.7. The van der Waals surface area contributed by atoms with Crippen molar-refractivity contribution in [2.24, 2.45) is 5.92 Å². The molecule has 1 amide bonds. The molecule has 7 heteroatoms. The molecule has 4 rings (SSSR count). The number of hydrogen-bond donors (Lipinski definition) is 0. The number of nitrogens with zero attached hydrogens (tertiary/aromatic N) is 1. The molecule has 0 radical (unpaired) electrons. The smallest absolute Gasteiger partial charge is 0.309 e. The first-order valence-electron chi connectivity index (χ1n) is 10.4. The molecule has 2 aliphatic rings. The van der Waals surface area contributed by atoms with Crippen LogP contribution in [0.1, 0.15) is 24.0 Å². The first-order chi connectivity index (χ1) is 15.1. The largest absolute Gasteiger partial charge is 0.486 e. The summed E-state index contributed by atoms with van der Waals surface area (Å²) in [6, 6.07) is 13.4. The molecule has 0 saturated carbocycles. The van der Waals surface area contributed by atoms with Crippen LogP contribution in [0, 0.1) is 5.92 Å². The predicted octanol–water partition coefficient (Wildman–Crippen LogP) is 4.22. The average Bonchev–Trinajstić information content (AvgIpc) is 2.81. The summed E-state index contributed by atoms with van der Waals surface area (Å²) < 4.78 is 17.5. The van der Waals surface area contributed by atoms with Gasteiger partial charge in [0.1, 0.15) is 19.8 Å². The number of likely N-dealkylation sites (tertiary alicyclic amines) is 1. The topological polar surface area (TPSA) is 65.1 Å². The van der Waals surface area contributed by atoms with E-state index in [0.717, 1.165) is 15.6 Å². The van der Waals surface area contributed by atoms with Gasteiger partial charge in [-0.3, -0.25) is 9.59 Å². The molecule has 2 heterocycles. The monoisotopic (exact) mass is 485 g/mol. The molecule has 162 valence electrons. The summed E-state index contributed by atoms with van der Waals surface area (Å²) in [5.74, 6) is 0.894. The highest BCUT2D eigenvalue weighted by atomic mass is 79.9. The van der Waals surface area contributed by atoms with E-state index in [4.69, 9.17) is 14.2 Å². The molecule has 0 unspecified atom stereocenters. The summed E-state index contributed by atoms with van der Waals surface area (Å²) in [5.41, 5.74) is 1.82. The van der Waals surface area contributed by atoms with Gasteiger partial charge in [0, 0.05) is 29.2 Å². The summed E-state index contributed by atoms with van der Waals surface area (Å²) in [5, 5.41) is 0. The summed E-state index contributed by atoms with van der Waals surface area (Å²) in [6.45, 7) is 2.29. The Morgan fingerprint density at radius 1 is 1.06 bits per heavy atom. The van der Waals surface area contributed by atoms with Crippen molar-refractivity contribution in [3.05, 3.63) is 64.1 Å². The van der Waals surface area contributed by atoms with Crippen molar-refractivity contribution in [1.29, 1.82) is 0 Å². The fraction of sp³-hybridized carbons (Fsp3) is 0.333. The van der Waals surface area contributed by atoms with Gasteiger partial charge < -0.3 is 19.1 Å². The second-order valence-corrected chi connectivity index (χ2v) is 8.39. The fourth-order valence-electron chi connectivity index (χ4n) is 3.66. The van der Waals surface area contributed by atoms with Gasteiger partial charge in [0.15, 0.2) is 11.5 Å². The Kier molecular flexibility index (Phi) is 6.92. The molecular weight excluding hydrogens is 462 g/mol. The Labute approximate surface area is 189 Å². The standard InChI is InChI=1S/C24H24BrNO5/c25-20-15-22-21(29-12-13-30-22)14-19(20)16-31-24(28)18-8-10-26(11-9-18)23(27)7-6-17-4-2-1-3-5-17/h1-7,14-15,18H,8-13,16H2/b7-6+. The lowest BCUT2D eigenvalue weighted by atomic mass is 9.97. The van der Waals surface area contributed by atoms with E-state index in [2.05, 4.69) is 15.9 Å². The summed E-state index contributed by atoms with van der Waals surface area (Å²) in [4.78, 5) is 26.7. The number of benzene rings is 2. The molecular formula is C24H24BrNO5. The fourth-order valence-corrected chi connectivity index (χ4v) is 4.09. The van der Waals surface area contributed by atoms with Crippen LogP contribution in [0.4, 0.5) is 0 Å². The first-order valence-corrected chi connectivity index (χ1v) is 11.2. The Morgan fingerprint density at radius 3 is 2.45 bits per heavy atom. The quantitative estimate of drug-likeness (QED) is 0.468. The third kappa shape index (κ3) is 5.47. The van der Waals surface area contributed by atoms with Crippen LogP contribution in [0.2, 0.25) is 0 Å². The number of ether oxygens (including phenoxy) is 3. The van der Waals surface area contributed by atoms with Gasteiger partial charge in [-0.1, -0.05) is 46.3 Å². The summed E-state index contributed by atoms with van der Waals surface area (Å²) in [6.07, 6.45) is 4.61. The highest BCUT2D eigenvalue weighted by molar-refractivity contribution is 9.10. The SMILES string of the molecule is O=C(OCc1cc2c(cc1Br)OCCO2)C1CCN(C(=O)/C=C/c2ccccc2)CC1. The van der Waals surface area contributed by atoms with Crippen LogP contribution < -0.4 is 9.47 Å². The summed E-state index contributed by atoms with van der Waals surface area (Å²) in [7, 11) is 0. The number of amides is 1. The van der Waals surface area contributed by atoms with Gasteiger partial charge >= 0.3 is 5.97 Å². The van der Waals surface area contributed by atoms with Crippen LogP contribution >= 0.6 is 15.9 Å². The number of carbonyl (C=O) groups is 2. The maximum absolute atomic E-state index is 12.5. The zero-order chi connectivity index (χ0) is 21.6. The lowest BCUT2D eigenvalue weighted by Gasteiger charge is -2.30. The van der Waals surface area contributed by atoms with Crippen LogP contribution in [0.15, 0.2) is 53.0 Å². The maximum Gasteiger partial charge on any atom is 0.309 e. The first kappa shape index (κ1) is 21.4. The van der Waals surface area contributed by atoms with Crippen molar-refractivity contribution < 1.29 is 23.8 Å². The molecule has 0 atom stereocenters. The molecule has 1 saturated heterocycles. The number of fused-ring (bicyclic) bond motifs is 1. The van der Waals surface area contributed by atoms with Crippen molar-refractivity contribution in [3.8, 4) is 11.5 Å². The van der Waals surface area contributed by atoms with E-state index in [9.17, 15) is 9.59 Å². The highest BCUT2D eigenvalue weighted by Crippen LogP contribution is 2.36. The molecule has 6 nitrogen and oxygen atoms in total. The second kappa shape index (κ2) is 10.0. The Hall–Kier alpha value is -2.80. The van der Waals surface area contributed by atoms with E-state index in [1.165, 1.54) is 0 Å². The number of carbonyl (C=O) groups excluding carboxylic acids is 2. The summed E-state index contributed by atoms with van der Waals surface area (Å²) >= 11 is 3.50. The van der Waals surface area contributed by atoms with Crippen LogP contribution in [-0.2, 0) is 20.9 Å². The molecule has 31 heavy (non-hydrogen) atoms. The lowest BCUT2D eigenvalue weighted by molar-refractivity contribution is -0.152. The minimum atomic E-state index is -0.228. The van der Waals surface area contributed by atoms with Crippen molar-refractivity contribution in [2.75, 3.05) is 26.3 Å². The Bertz CT molecular complexity index is 967. The minimum absolute atomic E-state index is 0.0316. The average molecular weight is 486 g/mol. The van der Waals surface area contributed by atoms with Crippen LogP contribution in [-0.4, -0.2) is 43.1 Å². The predicted molar refractivity (Wildman–Crippen MR) is 120 cm³/mol. The van der Waals surface area contributed by atoms with E-state index in [0.29, 0.717) is 50.6 Å². The van der Waals surface area contributed by atoms with E-state index >= 15 is 0 Å². The number of piperidine rings is 1. The normalized spacial score (nSPS) is 16.4. The van der Waals surface area contributed by atoms with Gasteiger partial charge in [-0.25, -0.2) is 0 Å². The lowest BCUT2D eigenvalue weighted by Crippen LogP contribution is -2.39. The van der Waals surface area contributed by atoms with Gasteiger partial charge in [-0.05, 0) is 36.6 Å². The van der Waals surface area contributed by atoms with E-state index in [1.807, 2.05) is 48.5 Å². The number of hydrogen-bond acceptors (Lipinski definition) is 5. The molecule has 0 aromatic heterocycles. The Morgan fingerprint density at radius 2 is 1.74 bits per heavy atom. The van der Waals surface area contributed by atoms with Gasteiger partial charge in [0.05, 0.1) is 5.92 Å². The third-order valence-corrected chi connectivity index (χ3v) is 6.18. The highest BCUT2D eigenvalue weighted by Gasteiger charge is 2.28. The molecule has 0 spiro atoms. The molecule has 2 aromatic rings. The van der Waals surface area contributed by atoms with Gasteiger partial charge in [0.2, 0.25) is 5.91 Å². The van der Waals surface area contributed by atoms with Gasteiger partial charge in [-0.2, -0.15) is 0 Å². The second-order valence-electron chi connectivity index (χ2n) is 7.54. The third-order valence-electron chi connectivity index (χ3n) is 5.44. The van der Waals surface area contributed by atoms with Gasteiger partial charge in [-0.15, -0.1) is 0 Å². The number of esters is 1. The minimum Gasteiger partial charge on any atom is -0.486 e. The van der Waals surface area contributed by atoms with Crippen molar-refractivity contribution in [3.63, 3.8) is 0 Å². The maximum atomic E-state index is 12.5. The molecule has 0 aliphatic carbocycles.